The minimum atomic E-state index is -1.84. The van der Waals surface area contributed by atoms with Crippen LogP contribution < -0.4 is 11.2 Å². The van der Waals surface area contributed by atoms with Gasteiger partial charge in [-0.25, -0.2) is 9.18 Å². The average molecular weight is 309 g/mol. The first-order valence-electron chi connectivity index (χ1n) is 4.87. The molecular formula is C9H10BrFN2O4. The molecule has 1 fully saturated rings. The Morgan fingerprint density at radius 2 is 2.41 bits per heavy atom. The zero-order chi connectivity index (χ0) is 12.6. The van der Waals surface area contributed by atoms with E-state index in [0.717, 1.165) is 4.57 Å². The van der Waals surface area contributed by atoms with E-state index in [9.17, 15) is 14.0 Å². The molecule has 1 aliphatic rings. The number of hydrogen-bond acceptors (Lipinski definition) is 4. The molecule has 1 saturated heterocycles. The van der Waals surface area contributed by atoms with Crippen LogP contribution in [0.15, 0.2) is 20.3 Å². The molecule has 2 N–H and O–H groups in total. The number of nitrogens with zero attached hydrogens (tertiary/aromatic N) is 1. The third-order valence-electron chi connectivity index (χ3n) is 2.59. The molecule has 0 bridgehead atoms. The predicted octanol–water partition coefficient (Wildman–Crippen LogP) is -0.0814. The van der Waals surface area contributed by atoms with E-state index in [4.69, 9.17) is 9.84 Å². The van der Waals surface area contributed by atoms with E-state index in [0.29, 0.717) is 0 Å². The van der Waals surface area contributed by atoms with Gasteiger partial charge in [-0.2, -0.15) is 0 Å². The van der Waals surface area contributed by atoms with Crippen LogP contribution in [0.5, 0.6) is 0 Å². The number of alkyl halides is 1. The van der Waals surface area contributed by atoms with Gasteiger partial charge in [0.1, 0.15) is 6.23 Å². The van der Waals surface area contributed by atoms with Crippen molar-refractivity contribution in [2.24, 2.45) is 0 Å². The topological polar surface area (TPSA) is 84.3 Å². The number of aliphatic hydroxyl groups is 1. The third-order valence-corrected chi connectivity index (χ3v) is 3.16. The van der Waals surface area contributed by atoms with Crippen molar-refractivity contribution >= 4 is 15.9 Å². The van der Waals surface area contributed by atoms with Crippen molar-refractivity contribution in [1.82, 2.24) is 9.55 Å². The van der Waals surface area contributed by atoms with Crippen LogP contribution in [0.25, 0.3) is 0 Å². The Morgan fingerprint density at radius 1 is 1.71 bits per heavy atom. The Hall–Kier alpha value is -0.990. The van der Waals surface area contributed by atoms with Gasteiger partial charge in [0, 0.05) is 12.6 Å². The Morgan fingerprint density at radius 3 is 3.00 bits per heavy atom. The highest BCUT2D eigenvalue weighted by Crippen LogP contribution is 2.33. The Labute approximate surface area is 103 Å². The lowest BCUT2D eigenvalue weighted by atomic mass is 10.1. The fraction of sp³-hybridized carbons (Fsp3) is 0.556. The van der Waals surface area contributed by atoms with Crippen molar-refractivity contribution in [3.8, 4) is 0 Å². The SMILES string of the molecule is O=c1[nH]c(=O)n([C@@H]2C[C@@](F)(CO)CO2)cc1Br. The fourth-order valence-corrected chi connectivity index (χ4v) is 1.96. The summed E-state index contributed by atoms with van der Waals surface area (Å²) in [5.74, 6) is 0. The first-order valence-corrected chi connectivity index (χ1v) is 5.67. The van der Waals surface area contributed by atoms with Crippen molar-refractivity contribution in [1.29, 1.82) is 0 Å². The highest BCUT2D eigenvalue weighted by atomic mass is 79.9. The van der Waals surface area contributed by atoms with Crippen LogP contribution in [0.4, 0.5) is 4.39 Å². The van der Waals surface area contributed by atoms with Crippen LogP contribution >= 0.6 is 15.9 Å². The second-order valence-electron chi connectivity index (χ2n) is 3.92. The summed E-state index contributed by atoms with van der Waals surface area (Å²) in [6.07, 6.45) is 0.282. The Balaban J connectivity index is 2.34. The van der Waals surface area contributed by atoms with E-state index < -0.39 is 29.8 Å². The Bertz CT molecular complexity index is 543. The van der Waals surface area contributed by atoms with Crippen molar-refractivity contribution in [3.63, 3.8) is 0 Å². The first-order chi connectivity index (χ1) is 7.95. The van der Waals surface area contributed by atoms with Crippen LogP contribution in [0.3, 0.4) is 0 Å². The molecule has 94 valence electrons. The molecule has 2 rings (SSSR count). The monoisotopic (exact) mass is 308 g/mol. The number of H-pyrrole nitrogens is 1. The number of aromatic amines is 1. The second-order valence-corrected chi connectivity index (χ2v) is 4.78. The number of hydrogen-bond donors (Lipinski definition) is 2. The highest BCUT2D eigenvalue weighted by Gasteiger charge is 2.41. The van der Waals surface area contributed by atoms with Gasteiger partial charge in [-0.05, 0) is 15.9 Å². The van der Waals surface area contributed by atoms with Gasteiger partial charge < -0.3 is 9.84 Å². The van der Waals surface area contributed by atoms with Gasteiger partial charge in [0.2, 0.25) is 0 Å². The molecule has 8 heteroatoms. The molecule has 0 aliphatic carbocycles. The third kappa shape index (κ3) is 2.33. The van der Waals surface area contributed by atoms with Gasteiger partial charge in [-0.3, -0.25) is 14.3 Å². The maximum Gasteiger partial charge on any atom is 0.330 e. The predicted molar refractivity (Wildman–Crippen MR) is 59.6 cm³/mol. The van der Waals surface area contributed by atoms with Gasteiger partial charge in [-0.1, -0.05) is 0 Å². The van der Waals surface area contributed by atoms with Crippen molar-refractivity contribution in [2.45, 2.75) is 18.3 Å². The summed E-state index contributed by atoms with van der Waals surface area (Å²) in [6.45, 7) is -0.944. The minimum absolute atomic E-state index is 0.137. The molecular weight excluding hydrogens is 299 g/mol. The molecule has 0 amide bonds. The fourth-order valence-electron chi connectivity index (χ4n) is 1.64. The molecule has 0 radical (unpaired) electrons. The molecule has 1 aromatic heterocycles. The summed E-state index contributed by atoms with van der Waals surface area (Å²) in [5.41, 5.74) is -3.07. The lowest BCUT2D eigenvalue weighted by Crippen LogP contribution is -2.33. The highest BCUT2D eigenvalue weighted by molar-refractivity contribution is 9.10. The molecule has 6 nitrogen and oxygen atoms in total. The maximum absolute atomic E-state index is 13.7. The zero-order valence-corrected chi connectivity index (χ0v) is 10.2. The number of aromatic nitrogens is 2. The van der Waals surface area contributed by atoms with Gasteiger partial charge in [0.05, 0.1) is 17.7 Å². The lowest BCUT2D eigenvalue weighted by Gasteiger charge is -2.14. The van der Waals surface area contributed by atoms with E-state index >= 15 is 0 Å². The summed E-state index contributed by atoms with van der Waals surface area (Å²) < 4.78 is 20.1. The first kappa shape index (κ1) is 12.5. The molecule has 17 heavy (non-hydrogen) atoms. The van der Waals surface area contributed by atoms with E-state index in [1.807, 2.05) is 0 Å². The van der Waals surface area contributed by atoms with Gasteiger partial charge in [-0.15, -0.1) is 0 Å². The molecule has 2 heterocycles. The summed E-state index contributed by atoms with van der Waals surface area (Å²) >= 11 is 2.97. The summed E-state index contributed by atoms with van der Waals surface area (Å²) in [7, 11) is 0. The van der Waals surface area contributed by atoms with Crippen molar-refractivity contribution < 1.29 is 14.2 Å². The van der Waals surface area contributed by atoms with Crippen LogP contribution in [-0.2, 0) is 4.74 Å². The maximum atomic E-state index is 13.7. The van der Waals surface area contributed by atoms with Crippen molar-refractivity contribution in [3.05, 3.63) is 31.5 Å². The van der Waals surface area contributed by atoms with Crippen LogP contribution in [0, 0.1) is 0 Å². The van der Waals surface area contributed by atoms with Crippen LogP contribution in [0.2, 0.25) is 0 Å². The molecule has 0 aromatic carbocycles. The second kappa shape index (κ2) is 4.35. The number of nitrogens with one attached hydrogen (secondary N) is 1. The van der Waals surface area contributed by atoms with E-state index in [1.54, 1.807) is 0 Å². The summed E-state index contributed by atoms with van der Waals surface area (Å²) in [5, 5.41) is 8.85. The van der Waals surface area contributed by atoms with E-state index in [2.05, 4.69) is 20.9 Å². The van der Waals surface area contributed by atoms with E-state index in [1.165, 1.54) is 6.20 Å². The molecule has 1 aliphatic heterocycles. The quantitative estimate of drug-likeness (QED) is 0.800. The van der Waals surface area contributed by atoms with Crippen LogP contribution in [-0.4, -0.2) is 33.5 Å². The van der Waals surface area contributed by atoms with Gasteiger partial charge in [0.25, 0.3) is 5.56 Å². The summed E-state index contributed by atoms with van der Waals surface area (Å²) in [4.78, 5) is 24.7. The largest absolute Gasteiger partial charge is 0.393 e. The molecule has 2 atom stereocenters. The van der Waals surface area contributed by atoms with Gasteiger partial charge >= 0.3 is 5.69 Å². The van der Waals surface area contributed by atoms with Crippen molar-refractivity contribution in [2.75, 3.05) is 13.2 Å². The average Bonchev–Trinajstić information content (AvgIpc) is 2.67. The Kier molecular flexibility index (Phi) is 3.19. The molecule has 0 spiro atoms. The molecule has 0 saturated carbocycles. The van der Waals surface area contributed by atoms with Gasteiger partial charge in [0.15, 0.2) is 5.67 Å². The number of aliphatic hydroxyl groups excluding tert-OH is 1. The normalized spacial score (nSPS) is 28.5. The summed E-state index contributed by atoms with van der Waals surface area (Å²) in [6, 6.07) is 0. The number of halogens is 2. The van der Waals surface area contributed by atoms with E-state index in [-0.39, 0.29) is 17.5 Å². The smallest absolute Gasteiger partial charge is 0.330 e. The molecule has 1 aromatic rings. The standard InChI is InChI=1S/C9H10BrFN2O4/c10-5-2-13(8(16)12-7(5)15)6-1-9(11,3-14)4-17-6/h2,6,14H,1,3-4H2,(H,12,15,16)/t6-,9+/m0/s1. The zero-order valence-electron chi connectivity index (χ0n) is 8.65. The van der Waals surface area contributed by atoms with Crippen LogP contribution in [0.1, 0.15) is 12.6 Å². The lowest BCUT2D eigenvalue weighted by molar-refractivity contribution is 0.0272. The number of ether oxygens (including phenoxy) is 1. The molecule has 0 unspecified atom stereocenters. The minimum Gasteiger partial charge on any atom is -0.393 e. The number of rotatable bonds is 2.